The number of benzene rings is 3. The molecule has 30 heavy (non-hydrogen) atoms. The maximum Gasteiger partial charge on any atom is 0.161 e. The van der Waals surface area contributed by atoms with Gasteiger partial charge < -0.3 is 14.8 Å². The lowest BCUT2D eigenvalue weighted by Gasteiger charge is -2.09. The Morgan fingerprint density at radius 2 is 1.53 bits per heavy atom. The first-order valence-corrected chi connectivity index (χ1v) is 10.1. The minimum Gasteiger partial charge on any atom is -0.493 e. The number of hydrogen-bond donors (Lipinski definition) is 1. The smallest absolute Gasteiger partial charge is 0.161 e. The van der Waals surface area contributed by atoms with E-state index in [4.69, 9.17) is 9.47 Å². The molecule has 0 bridgehead atoms. The number of halogens is 1. The van der Waals surface area contributed by atoms with Gasteiger partial charge in [0.15, 0.2) is 11.5 Å². The lowest BCUT2D eigenvalue weighted by Crippen LogP contribution is -1.96. The molecule has 6 heteroatoms. The normalized spacial score (nSPS) is 11.0. The summed E-state index contributed by atoms with van der Waals surface area (Å²) in [5.74, 6) is 2.20. The van der Waals surface area contributed by atoms with Crippen LogP contribution in [0.5, 0.6) is 11.5 Å². The van der Waals surface area contributed by atoms with Crippen molar-refractivity contribution in [2.24, 2.45) is 0 Å². The monoisotopic (exact) mass is 461 g/mol. The first kappa shape index (κ1) is 19.9. The summed E-state index contributed by atoms with van der Waals surface area (Å²) in [6.07, 6.45) is 5.67. The summed E-state index contributed by atoms with van der Waals surface area (Å²) < 4.78 is 11.6. The summed E-state index contributed by atoms with van der Waals surface area (Å²) in [6.45, 7) is 0. The van der Waals surface area contributed by atoms with Crippen LogP contribution in [0.2, 0.25) is 0 Å². The predicted molar refractivity (Wildman–Crippen MR) is 125 cm³/mol. The zero-order valence-electron chi connectivity index (χ0n) is 16.6. The zero-order valence-corrected chi connectivity index (χ0v) is 18.2. The van der Waals surface area contributed by atoms with Crippen molar-refractivity contribution < 1.29 is 9.47 Å². The molecule has 5 nitrogen and oxygen atoms in total. The average molecular weight is 462 g/mol. The summed E-state index contributed by atoms with van der Waals surface area (Å²) in [5, 5.41) is 4.34. The Labute approximate surface area is 183 Å². The molecule has 0 spiro atoms. The topological polar surface area (TPSA) is 56.3 Å². The molecule has 4 aromatic rings. The molecule has 3 aromatic carbocycles. The van der Waals surface area contributed by atoms with Gasteiger partial charge in [-0.15, -0.1) is 0 Å². The predicted octanol–water partition coefficient (Wildman–Crippen LogP) is 6.32. The number of rotatable bonds is 6. The minimum absolute atomic E-state index is 0.711. The van der Waals surface area contributed by atoms with E-state index in [2.05, 4.69) is 49.4 Å². The molecule has 0 atom stereocenters. The fourth-order valence-electron chi connectivity index (χ4n) is 3.09. The van der Waals surface area contributed by atoms with E-state index in [1.807, 2.05) is 54.6 Å². The van der Waals surface area contributed by atoms with E-state index in [0.29, 0.717) is 11.5 Å². The SMILES string of the molecule is COc1ccc(/C=C/c2ccc(Nc3ncnc4ccc(Br)cc34)cc2)cc1OC. The molecule has 0 aliphatic rings. The van der Waals surface area contributed by atoms with Crippen molar-refractivity contribution in [1.29, 1.82) is 0 Å². The van der Waals surface area contributed by atoms with Gasteiger partial charge in [0.25, 0.3) is 0 Å². The summed E-state index contributed by atoms with van der Waals surface area (Å²) in [7, 11) is 3.27. The number of anilines is 2. The highest BCUT2D eigenvalue weighted by Crippen LogP contribution is 2.29. The highest BCUT2D eigenvalue weighted by atomic mass is 79.9. The van der Waals surface area contributed by atoms with Gasteiger partial charge in [-0.2, -0.15) is 0 Å². The molecular formula is C24H20BrN3O2. The molecule has 0 saturated heterocycles. The van der Waals surface area contributed by atoms with Crippen LogP contribution in [-0.4, -0.2) is 24.2 Å². The third-order valence-corrected chi connectivity index (χ3v) is 5.14. The Morgan fingerprint density at radius 3 is 2.30 bits per heavy atom. The van der Waals surface area contributed by atoms with Crippen LogP contribution in [-0.2, 0) is 0 Å². The van der Waals surface area contributed by atoms with Gasteiger partial charge in [0.2, 0.25) is 0 Å². The number of aromatic nitrogens is 2. The van der Waals surface area contributed by atoms with E-state index in [0.717, 1.165) is 38.0 Å². The number of fused-ring (bicyclic) bond motifs is 1. The minimum atomic E-state index is 0.711. The van der Waals surface area contributed by atoms with Gasteiger partial charge in [-0.3, -0.25) is 0 Å². The highest BCUT2D eigenvalue weighted by Gasteiger charge is 2.05. The third kappa shape index (κ3) is 4.44. The fraction of sp³-hybridized carbons (Fsp3) is 0.0833. The first-order chi connectivity index (χ1) is 14.7. The van der Waals surface area contributed by atoms with Crippen molar-refractivity contribution in [3.8, 4) is 11.5 Å². The van der Waals surface area contributed by atoms with Crippen LogP contribution in [0.25, 0.3) is 23.1 Å². The number of nitrogens with one attached hydrogen (secondary N) is 1. The van der Waals surface area contributed by atoms with Crippen molar-refractivity contribution in [2.45, 2.75) is 0 Å². The van der Waals surface area contributed by atoms with Crippen molar-refractivity contribution in [3.05, 3.63) is 82.6 Å². The number of hydrogen-bond acceptors (Lipinski definition) is 5. The molecule has 4 rings (SSSR count). The zero-order chi connectivity index (χ0) is 20.9. The largest absolute Gasteiger partial charge is 0.493 e. The fourth-order valence-corrected chi connectivity index (χ4v) is 3.45. The summed E-state index contributed by atoms with van der Waals surface area (Å²) in [6, 6.07) is 20.0. The molecule has 0 unspecified atom stereocenters. The standard InChI is InChI=1S/C24H20BrN3O2/c1-29-22-12-7-17(13-23(22)30-2)4-3-16-5-9-19(10-6-16)28-24-20-14-18(25)8-11-21(20)26-15-27-24/h3-15H,1-2H3,(H,26,27,28)/b4-3+. The quantitative estimate of drug-likeness (QED) is 0.340. The molecule has 0 aliphatic heterocycles. The van der Waals surface area contributed by atoms with Crippen LogP contribution in [0.15, 0.2) is 71.5 Å². The lowest BCUT2D eigenvalue weighted by molar-refractivity contribution is 0.355. The number of methoxy groups -OCH3 is 2. The molecule has 0 amide bonds. The van der Waals surface area contributed by atoms with Gasteiger partial charge in [-0.25, -0.2) is 9.97 Å². The summed E-state index contributed by atoms with van der Waals surface area (Å²) in [4.78, 5) is 8.71. The second-order valence-corrected chi connectivity index (χ2v) is 7.49. The first-order valence-electron chi connectivity index (χ1n) is 9.34. The van der Waals surface area contributed by atoms with Crippen LogP contribution in [0.1, 0.15) is 11.1 Å². The van der Waals surface area contributed by atoms with Gasteiger partial charge in [0.1, 0.15) is 12.1 Å². The van der Waals surface area contributed by atoms with Crippen molar-refractivity contribution >= 4 is 50.5 Å². The number of ether oxygens (including phenoxy) is 2. The second kappa shape index (κ2) is 8.97. The Hall–Kier alpha value is -3.38. The molecule has 0 aliphatic carbocycles. The lowest BCUT2D eigenvalue weighted by atomic mass is 10.1. The van der Waals surface area contributed by atoms with E-state index in [-0.39, 0.29) is 0 Å². The molecule has 150 valence electrons. The van der Waals surface area contributed by atoms with Crippen LogP contribution in [0.4, 0.5) is 11.5 Å². The summed E-state index contributed by atoms with van der Waals surface area (Å²) >= 11 is 3.51. The van der Waals surface area contributed by atoms with Crippen LogP contribution in [0, 0.1) is 0 Å². The second-order valence-electron chi connectivity index (χ2n) is 6.58. The molecule has 1 N–H and O–H groups in total. The van der Waals surface area contributed by atoms with Crippen molar-refractivity contribution in [3.63, 3.8) is 0 Å². The van der Waals surface area contributed by atoms with Crippen LogP contribution >= 0.6 is 15.9 Å². The average Bonchev–Trinajstić information content (AvgIpc) is 2.78. The van der Waals surface area contributed by atoms with Gasteiger partial charge in [0, 0.05) is 15.5 Å². The Morgan fingerprint density at radius 1 is 0.800 bits per heavy atom. The van der Waals surface area contributed by atoms with E-state index in [1.54, 1.807) is 20.5 Å². The van der Waals surface area contributed by atoms with Crippen molar-refractivity contribution in [1.82, 2.24) is 9.97 Å². The van der Waals surface area contributed by atoms with Crippen molar-refractivity contribution in [2.75, 3.05) is 19.5 Å². The Balaban J connectivity index is 1.51. The Bertz CT molecular complexity index is 1210. The molecule has 1 heterocycles. The molecule has 0 fully saturated rings. The number of nitrogens with zero attached hydrogens (tertiary/aromatic N) is 2. The van der Waals surface area contributed by atoms with Gasteiger partial charge in [-0.05, 0) is 53.6 Å². The molecule has 0 saturated carbocycles. The maximum atomic E-state index is 5.36. The van der Waals surface area contributed by atoms with Gasteiger partial charge in [0.05, 0.1) is 19.7 Å². The molecular weight excluding hydrogens is 442 g/mol. The maximum absolute atomic E-state index is 5.36. The van der Waals surface area contributed by atoms with E-state index < -0.39 is 0 Å². The van der Waals surface area contributed by atoms with Gasteiger partial charge in [-0.1, -0.05) is 46.3 Å². The van der Waals surface area contributed by atoms with Crippen LogP contribution < -0.4 is 14.8 Å². The van der Waals surface area contributed by atoms with Gasteiger partial charge >= 0.3 is 0 Å². The van der Waals surface area contributed by atoms with E-state index in [9.17, 15) is 0 Å². The Kier molecular flexibility index (Phi) is 5.95. The van der Waals surface area contributed by atoms with E-state index in [1.165, 1.54) is 0 Å². The van der Waals surface area contributed by atoms with E-state index >= 15 is 0 Å². The third-order valence-electron chi connectivity index (χ3n) is 4.65. The molecule has 0 radical (unpaired) electrons. The highest BCUT2D eigenvalue weighted by molar-refractivity contribution is 9.10. The molecule has 1 aromatic heterocycles. The summed E-state index contributed by atoms with van der Waals surface area (Å²) in [5.41, 5.74) is 3.97. The van der Waals surface area contributed by atoms with Crippen LogP contribution in [0.3, 0.4) is 0 Å².